The molecule has 2 saturated heterocycles. The number of hydrogen-bond acceptors (Lipinski definition) is 7. The van der Waals surface area contributed by atoms with Crippen molar-refractivity contribution in [2.45, 2.75) is 64.1 Å². The van der Waals surface area contributed by atoms with E-state index in [1.165, 1.54) is 55.6 Å². The molecule has 0 unspecified atom stereocenters. The molecule has 7 nitrogen and oxygen atoms in total. The number of piperazine rings is 1. The van der Waals surface area contributed by atoms with Crippen LogP contribution in [0.15, 0.2) is 60.7 Å². The molecule has 0 amide bonds. The Bertz CT molecular complexity index is 1740. The number of nitrogens with zero attached hydrogens (tertiary/aromatic N) is 2. The molecule has 4 aromatic carbocycles. The topological polar surface area (TPSA) is 52.6 Å². The van der Waals surface area contributed by atoms with Gasteiger partial charge in [0.05, 0.1) is 28.4 Å². The maximum absolute atomic E-state index is 7.52. The van der Waals surface area contributed by atoms with Gasteiger partial charge in [0.2, 0.25) is 0 Å². The summed E-state index contributed by atoms with van der Waals surface area (Å²) in [6.07, 6.45) is 1.20. The SMILES string of the molecule is COc1cc2c(cc1OC)[C@@]1(c3cc(C)cc(C)c3)[C@H]3O[C@@H](N1CC2)[C@]1(c2cc(C)cc(C)c2)c2cc(OC)c(OC)cc2CCN31. The lowest BCUT2D eigenvalue weighted by Gasteiger charge is -2.60. The Kier molecular flexibility index (Phi) is 6.92. The van der Waals surface area contributed by atoms with Crippen molar-refractivity contribution in [1.29, 1.82) is 0 Å². The third-order valence-electron chi connectivity index (χ3n) is 11.1. The highest BCUT2D eigenvalue weighted by molar-refractivity contribution is 5.61. The van der Waals surface area contributed by atoms with E-state index in [2.05, 4.69) is 98.2 Å². The lowest BCUT2D eigenvalue weighted by atomic mass is 9.66. The zero-order chi connectivity index (χ0) is 32.8. The van der Waals surface area contributed by atoms with Crippen molar-refractivity contribution in [3.05, 3.63) is 116 Å². The normalized spacial score (nSPS) is 25.9. The van der Waals surface area contributed by atoms with E-state index in [0.717, 1.165) is 48.9 Å². The summed E-state index contributed by atoms with van der Waals surface area (Å²) >= 11 is 0. The van der Waals surface area contributed by atoms with E-state index in [4.69, 9.17) is 23.7 Å². The highest BCUT2D eigenvalue weighted by Gasteiger charge is 2.75. The third kappa shape index (κ3) is 3.97. The van der Waals surface area contributed by atoms with Crippen molar-refractivity contribution >= 4 is 0 Å². The van der Waals surface area contributed by atoms with Gasteiger partial charge in [0.15, 0.2) is 23.0 Å². The quantitative estimate of drug-likeness (QED) is 0.224. The summed E-state index contributed by atoms with van der Waals surface area (Å²) in [5, 5.41) is 0. The van der Waals surface area contributed by atoms with Crippen molar-refractivity contribution < 1.29 is 23.7 Å². The Morgan fingerprint density at radius 1 is 0.511 bits per heavy atom. The van der Waals surface area contributed by atoms with Crippen LogP contribution in [0, 0.1) is 27.7 Å². The van der Waals surface area contributed by atoms with E-state index in [9.17, 15) is 0 Å². The van der Waals surface area contributed by atoms with Gasteiger partial charge in [-0.05, 0) is 98.2 Å². The highest BCUT2D eigenvalue weighted by atomic mass is 16.6. The molecule has 0 saturated carbocycles. The highest BCUT2D eigenvalue weighted by Crippen LogP contribution is 2.65. The first kappa shape index (κ1) is 30.3. The second-order valence-electron chi connectivity index (χ2n) is 13.7. The molecule has 4 aliphatic heterocycles. The fraction of sp³-hybridized carbons (Fsp3) is 0.400. The van der Waals surface area contributed by atoms with E-state index in [1.54, 1.807) is 28.4 Å². The Morgan fingerprint density at radius 2 is 0.851 bits per heavy atom. The lowest BCUT2D eigenvalue weighted by molar-refractivity contribution is -0.0709. The molecule has 2 fully saturated rings. The second kappa shape index (κ2) is 10.7. The number of ether oxygens (including phenoxy) is 5. The van der Waals surface area contributed by atoms with Crippen molar-refractivity contribution in [2.75, 3.05) is 41.5 Å². The molecule has 0 aromatic heterocycles. The van der Waals surface area contributed by atoms with Gasteiger partial charge in [-0.15, -0.1) is 0 Å². The number of methoxy groups -OCH3 is 4. The van der Waals surface area contributed by atoms with Gasteiger partial charge in [-0.3, -0.25) is 9.80 Å². The molecule has 47 heavy (non-hydrogen) atoms. The minimum absolute atomic E-state index is 0.270. The first-order chi connectivity index (χ1) is 22.7. The third-order valence-corrected chi connectivity index (χ3v) is 11.1. The first-order valence-electron chi connectivity index (χ1n) is 16.6. The molecule has 8 rings (SSSR count). The molecular formula is C40H44N2O5. The molecule has 4 aliphatic rings. The van der Waals surface area contributed by atoms with E-state index in [0.29, 0.717) is 0 Å². The van der Waals surface area contributed by atoms with Gasteiger partial charge >= 0.3 is 0 Å². The molecular weight excluding hydrogens is 588 g/mol. The average molecular weight is 633 g/mol. The van der Waals surface area contributed by atoms with Crippen LogP contribution in [-0.4, -0.2) is 63.8 Å². The Labute approximate surface area is 278 Å². The van der Waals surface area contributed by atoms with Crippen LogP contribution >= 0.6 is 0 Å². The summed E-state index contributed by atoms with van der Waals surface area (Å²) < 4.78 is 31.0. The lowest BCUT2D eigenvalue weighted by Crippen LogP contribution is -2.71. The number of aryl methyl sites for hydroxylation is 4. The van der Waals surface area contributed by atoms with Gasteiger partial charge in [0, 0.05) is 13.1 Å². The minimum Gasteiger partial charge on any atom is -0.493 e. The van der Waals surface area contributed by atoms with E-state index in [-0.39, 0.29) is 12.5 Å². The summed E-state index contributed by atoms with van der Waals surface area (Å²) in [7, 11) is 6.87. The summed E-state index contributed by atoms with van der Waals surface area (Å²) in [6.45, 7) is 10.4. The number of benzene rings is 4. The molecule has 0 N–H and O–H groups in total. The molecule has 0 radical (unpaired) electrons. The van der Waals surface area contributed by atoms with Crippen LogP contribution in [0.5, 0.6) is 23.0 Å². The molecule has 0 aliphatic carbocycles. The van der Waals surface area contributed by atoms with Crippen LogP contribution in [0.2, 0.25) is 0 Å². The predicted octanol–water partition coefficient (Wildman–Crippen LogP) is 6.55. The zero-order valence-electron chi connectivity index (χ0n) is 28.7. The second-order valence-corrected chi connectivity index (χ2v) is 13.7. The van der Waals surface area contributed by atoms with Crippen molar-refractivity contribution in [3.8, 4) is 23.0 Å². The van der Waals surface area contributed by atoms with Crippen molar-refractivity contribution in [1.82, 2.24) is 9.80 Å². The summed E-state index contributed by atoms with van der Waals surface area (Å²) in [5.74, 6) is 3.00. The van der Waals surface area contributed by atoms with E-state index in [1.807, 2.05) is 0 Å². The van der Waals surface area contributed by atoms with Gasteiger partial charge in [-0.2, -0.15) is 0 Å². The summed E-state index contributed by atoms with van der Waals surface area (Å²) in [4.78, 5) is 5.33. The summed E-state index contributed by atoms with van der Waals surface area (Å²) in [6, 6.07) is 22.8. The average Bonchev–Trinajstić information content (AvgIpc) is 3.60. The molecule has 4 atom stereocenters. The van der Waals surface area contributed by atoms with Crippen LogP contribution in [0.4, 0.5) is 0 Å². The number of rotatable bonds is 6. The Balaban J connectivity index is 1.45. The molecule has 2 bridgehead atoms. The van der Waals surface area contributed by atoms with Gasteiger partial charge < -0.3 is 23.7 Å². The van der Waals surface area contributed by atoms with Crippen LogP contribution in [0.3, 0.4) is 0 Å². The van der Waals surface area contributed by atoms with Gasteiger partial charge in [0.25, 0.3) is 0 Å². The van der Waals surface area contributed by atoms with Gasteiger partial charge in [0.1, 0.15) is 23.5 Å². The largest absolute Gasteiger partial charge is 0.493 e. The van der Waals surface area contributed by atoms with Crippen molar-refractivity contribution in [2.24, 2.45) is 0 Å². The smallest absolute Gasteiger partial charge is 0.161 e. The zero-order valence-corrected chi connectivity index (χ0v) is 28.7. The van der Waals surface area contributed by atoms with E-state index >= 15 is 0 Å². The number of fused-ring (bicyclic) bond motifs is 12. The van der Waals surface area contributed by atoms with Gasteiger partial charge in [-0.1, -0.05) is 58.7 Å². The van der Waals surface area contributed by atoms with Crippen LogP contribution in [-0.2, 0) is 28.7 Å². The summed E-state index contributed by atoms with van der Waals surface area (Å²) in [5.41, 5.74) is 11.3. The maximum Gasteiger partial charge on any atom is 0.161 e. The molecule has 4 aromatic rings. The molecule has 7 heteroatoms. The van der Waals surface area contributed by atoms with Crippen molar-refractivity contribution in [3.63, 3.8) is 0 Å². The Morgan fingerprint density at radius 3 is 1.19 bits per heavy atom. The fourth-order valence-electron chi connectivity index (χ4n) is 9.50. The first-order valence-corrected chi connectivity index (χ1v) is 16.6. The maximum atomic E-state index is 7.52. The molecule has 244 valence electrons. The van der Waals surface area contributed by atoms with Crippen LogP contribution < -0.4 is 18.9 Å². The molecule has 0 spiro atoms. The monoisotopic (exact) mass is 632 g/mol. The standard InChI is InChI=1S/C40H44N2O5/c1-23-13-24(2)16-29(15-23)39-31-21-35(45-7)33(43-5)19-27(31)9-11-41(39)38-40(30-17-25(3)14-26(4)18-30)32-22-36(46-8)34(44-6)20-28(32)10-12-42(40)37(39)47-38/h13-22,37-38H,9-12H2,1-8H3/t37-,38-,39+,40+/m1/s1. The van der Waals surface area contributed by atoms with Crippen LogP contribution in [0.25, 0.3) is 0 Å². The van der Waals surface area contributed by atoms with Crippen LogP contribution in [0.1, 0.15) is 55.6 Å². The Hall–Kier alpha value is -4.04. The minimum atomic E-state index is -0.564. The number of hydrogen-bond donors (Lipinski definition) is 0. The van der Waals surface area contributed by atoms with E-state index < -0.39 is 11.1 Å². The predicted molar refractivity (Wildman–Crippen MR) is 182 cm³/mol. The van der Waals surface area contributed by atoms with Gasteiger partial charge in [-0.25, -0.2) is 0 Å². The molecule has 4 heterocycles. The fourth-order valence-corrected chi connectivity index (χ4v) is 9.50.